The summed E-state index contributed by atoms with van der Waals surface area (Å²) in [5, 5.41) is 11.8. The number of aliphatic hydroxyl groups excluding tert-OH is 1. The zero-order chi connectivity index (χ0) is 14.3. The summed E-state index contributed by atoms with van der Waals surface area (Å²) in [6.07, 6.45) is 0. The van der Waals surface area contributed by atoms with Crippen molar-refractivity contribution in [3.05, 3.63) is 35.9 Å². The van der Waals surface area contributed by atoms with E-state index < -0.39 is 37.5 Å². The molecule has 1 unspecified atom stereocenters. The van der Waals surface area contributed by atoms with E-state index in [1.165, 1.54) is 0 Å². The fraction of sp³-hybridized carbons (Fsp3) is 0.462. The van der Waals surface area contributed by atoms with Gasteiger partial charge in [0.05, 0.1) is 19.8 Å². The number of carbonyl (C=O) groups excluding carboxylic acids is 1. The van der Waals surface area contributed by atoms with Crippen molar-refractivity contribution in [1.82, 2.24) is 5.32 Å². The molecule has 19 heavy (non-hydrogen) atoms. The van der Waals surface area contributed by atoms with Crippen molar-refractivity contribution < 1.29 is 23.4 Å². The fourth-order valence-electron chi connectivity index (χ4n) is 1.73. The monoisotopic (exact) mass is 273 g/mol. The maximum absolute atomic E-state index is 13.1. The minimum atomic E-state index is -2.09. The Morgan fingerprint density at radius 1 is 1.37 bits per heavy atom. The van der Waals surface area contributed by atoms with Gasteiger partial charge in [-0.25, -0.2) is 13.6 Å². The van der Waals surface area contributed by atoms with Crippen LogP contribution in [0.2, 0.25) is 0 Å². The second-order valence-corrected chi connectivity index (χ2v) is 4.13. The van der Waals surface area contributed by atoms with Crippen LogP contribution < -0.4 is 5.32 Å². The van der Waals surface area contributed by atoms with Crippen LogP contribution in [-0.4, -0.2) is 43.7 Å². The smallest absolute Gasteiger partial charge is 0.331 e. The van der Waals surface area contributed by atoms with Crippen molar-refractivity contribution >= 4 is 5.97 Å². The maximum atomic E-state index is 13.1. The lowest BCUT2D eigenvalue weighted by atomic mass is 9.99. The number of hydrogen-bond acceptors (Lipinski definition) is 4. The van der Waals surface area contributed by atoms with Gasteiger partial charge in [-0.3, -0.25) is 5.32 Å². The van der Waals surface area contributed by atoms with Gasteiger partial charge in [-0.1, -0.05) is 30.3 Å². The molecule has 2 N–H and O–H groups in total. The standard InChI is InChI=1S/C13H17F2NO3/c1-19-12(18)13(8-14,9-15)16-11(7-17)10-5-3-2-4-6-10/h2-6,11,16-17H,7-9H2,1H3. The van der Waals surface area contributed by atoms with E-state index in [1.807, 2.05) is 0 Å². The van der Waals surface area contributed by atoms with Gasteiger partial charge < -0.3 is 9.84 Å². The summed E-state index contributed by atoms with van der Waals surface area (Å²) in [5.74, 6) is -1.04. The molecule has 1 rings (SSSR count). The van der Waals surface area contributed by atoms with Crippen LogP contribution in [0.3, 0.4) is 0 Å². The topological polar surface area (TPSA) is 58.6 Å². The molecule has 0 heterocycles. The Morgan fingerprint density at radius 2 is 1.95 bits per heavy atom. The van der Waals surface area contributed by atoms with Gasteiger partial charge >= 0.3 is 5.97 Å². The van der Waals surface area contributed by atoms with E-state index in [0.29, 0.717) is 5.56 Å². The highest BCUT2D eigenvalue weighted by molar-refractivity contribution is 5.81. The molecule has 0 radical (unpaired) electrons. The van der Waals surface area contributed by atoms with Crippen LogP contribution in [0, 0.1) is 0 Å². The van der Waals surface area contributed by atoms with Gasteiger partial charge in [-0.2, -0.15) is 0 Å². The van der Waals surface area contributed by atoms with Crippen LogP contribution in [-0.2, 0) is 9.53 Å². The predicted octanol–water partition coefficient (Wildman–Crippen LogP) is 1.16. The highest BCUT2D eigenvalue weighted by Gasteiger charge is 2.42. The van der Waals surface area contributed by atoms with Crippen molar-refractivity contribution in [3.63, 3.8) is 0 Å². The molecule has 0 saturated heterocycles. The molecule has 1 aromatic carbocycles. The number of benzene rings is 1. The molecule has 0 aliphatic carbocycles. The van der Waals surface area contributed by atoms with Crippen LogP contribution in [0.15, 0.2) is 30.3 Å². The Bertz CT molecular complexity index is 396. The molecule has 106 valence electrons. The fourth-order valence-corrected chi connectivity index (χ4v) is 1.73. The van der Waals surface area contributed by atoms with E-state index in [-0.39, 0.29) is 0 Å². The van der Waals surface area contributed by atoms with Crippen LogP contribution in [0.25, 0.3) is 0 Å². The lowest BCUT2D eigenvalue weighted by Crippen LogP contribution is -2.58. The summed E-state index contributed by atoms with van der Waals surface area (Å²) in [5.41, 5.74) is -1.46. The van der Waals surface area contributed by atoms with Gasteiger partial charge in [-0.05, 0) is 5.56 Å². The van der Waals surface area contributed by atoms with Crippen LogP contribution >= 0.6 is 0 Å². The van der Waals surface area contributed by atoms with Gasteiger partial charge in [0.25, 0.3) is 0 Å². The average molecular weight is 273 g/mol. The molecule has 4 nitrogen and oxygen atoms in total. The number of rotatable bonds is 7. The molecule has 0 amide bonds. The minimum absolute atomic E-state index is 0.400. The molecular weight excluding hydrogens is 256 g/mol. The van der Waals surface area contributed by atoms with Crippen molar-refractivity contribution in [2.24, 2.45) is 0 Å². The quantitative estimate of drug-likeness (QED) is 0.732. The highest BCUT2D eigenvalue weighted by atomic mass is 19.1. The first-order chi connectivity index (χ1) is 9.13. The number of aliphatic hydroxyl groups is 1. The Morgan fingerprint density at radius 3 is 2.37 bits per heavy atom. The molecule has 1 aromatic rings. The minimum Gasteiger partial charge on any atom is -0.467 e. The SMILES string of the molecule is COC(=O)C(CF)(CF)NC(CO)c1ccccc1. The van der Waals surface area contributed by atoms with Gasteiger partial charge in [0.2, 0.25) is 0 Å². The third-order valence-electron chi connectivity index (χ3n) is 2.87. The highest BCUT2D eigenvalue weighted by Crippen LogP contribution is 2.19. The van der Waals surface area contributed by atoms with Crippen molar-refractivity contribution in [1.29, 1.82) is 0 Å². The molecule has 0 bridgehead atoms. The van der Waals surface area contributed by atoms with Crippen LogP contribution in [0.1, 0.15) is 11.6 Å². The molecule has 0 saturated carbocycles. The zero-order valence-electron chi connectivity index (χ0n) is 10.6. The Labute approximate surface area is 110 Å². The molecule has 6 heteroatoms. The zero-order valence-corrected chi connectivity index (χ0v) is 10.6. The first-order valence-electron chi connectivity index (χ1n) is 5.77. The number of methoxy groups -OCH3 is 1. The summed E-state index contributed by atoms with van der Waals surface area (Å²) >= 11 is 0. The average Bonchev–Trinajstić information content (AvgIpc) is 2.49. The first kappa shape index (κ1) is 15.5. The van der Waals surface area contributed by atoms with Gasteiger partial charge in [-0.15, -0.1) is 0 Å². The Kier molecular flexibility index (Phi) is 5.85. The normalized spacial score (nSPS) is 13.1. The Hall–Kier alpha value is -1.53. The van der Waals surface area contributed by atoms with Gasteiger partial charge in [0, 0.05) is 0 Å². The van der Waals surface area contributed by atoms with E-state index in [1.54, 1.807) is 30.3 Å². The maximum Gasteiger partial charge on any atom is 0.331 e. The first-order valence-corrected chi connectivity index (χ1v) is 5.77. The largest absolute Gasteiger partial charge is 0.467 e. The van der Waals surface area contributed by atoms with E-state index in [2.05, 4.69) is 10.1 Å². The second-order valence-electron chi connectivity index (χ2n) is 4.13. The summed E-state index contributed by atoms with van der Waals surface area (Å²) in [4.78, 5) is 11.5. The number of esters is 1. The predicted molar refractivity (Wildman–Crippen MR) is 66.1 cm³/mol. The lowest BCUT2D eigenvalue weighted by Gasteiger charge is -2.30. The number of nitrogens with one attached hydrogen (secondary N) is 1. The second kappa shape index (κ2) is 7.16. The van der Waals surface area contributed by atoms with Crippen molar-refractivity contribution in [2.75, 3.05) is 27.1 Å². The van der Waals surface area contributed by atoms with E-state index in [9.17, 15) is 18.7 Å². The number of alkyl halides is 2. The van der Waals surface area contributed by atoms with E-state index in [4.69, 9.17) is 0 Å². The third-order valence-corrected chi connectivity index (χ3v) is 2.87. The van der Waals surface area contributed by atoms with Crippen LogP contribution in [0.4, 0.5) is 8.78 Å². The van der Waals surface area contributed by atoms with Crippen molar-refractivity contribution in [3.8, 4) is 0 Å². The number of halogens is 2. The summed E-state index contributed by atoms with van der Waals surface area (Å²) in [6, 6.07) is 7.84. The van der Waals surface area contributed by atoms with Crippen LogP contribution in [0.5, 0.6) is 0 Å². The third kappa shape index (κ3) is 3.48. The summed E-state index contributed by atoms with van der Waals surface area (Å²) < 4.78 is 30.6. The molecule has 1 atom stereocenters. The summed E-state index contributed by atoms with van der Waals surface area (Å²) in [6.45, 7) is -2.93. The molecule has 0 aromatic heterocycles. The van der Waals surface area contributed by atoms with E-state index in [0.717, 1.165) is 7.11 Å². The van der Waals surface area contributed by atoms with Gasteiger partial charge in [0.1, 0.15) is 13.3 Å². The molecule has 0 spiro atoms. The number of hydrogen-bond donors (Lipinski definition) is 2. The molecule has 0 aliphatic heterocycles. The summed E-state index contributed by atoms with van der Waals surface area (Å²) in [7, 11) is 1.06. The molecule has 0 aliphatic rings. The Balaban J connectivity index is 2.97. The van der Waals surface area contributed by atoms with Gasteiger partial charge in [0.15, 0.2) is 5.54 Å². The lowest BCUT2D eigenvalue weighted by molar-refractivity contribution is -0.151. The number of ether oxygens (including phenoxy) is 1. The molecular formula is C13H17F2NO3. The molecule has 0 fully saturated rings. The van der Waals surface area contributed by atoms with Crippen molar-refractivity contribution in [2.45, 2.75) is 11.6 Å². The van der Waals surface area contributed by atoms with E-state index >= 15 is 0 Å². The number of carbonyl (C=O) groups is 1.